The van der Waals surface area contributed by atoms with Crippen LogP contribution in [0.25, 0.3) is 0 Å². The molecule has 6 heteroatoms. The molecule has 1 aromatic carbocycles. The molecule has 0 amide bonds. The molecule has 19 heavy (non-hydrogen) atoms. The van der Waals surface area contributed by atoms with E-state index in [9.17, 15) is 13.2 Å². The number of nitrogens with two attached hydrogens (primary N) is 1. The summed E-state index contributed by atoms with van der Waals surface area (Å²) in [5, 5.41) is 0. The van der Waals surface area contributed by atoms with Crippen molar-refractivity contribution in [3.8, 4) is 0 Å². The molecular formula is C13H18ClF3N2. The van der Waals surface area contributed by atoms with Gasteiger partial charge in [0.15, 0.2) is 0 Å². The summed E-state index contributed by atoms with van der Waals surface area (Å²) in [6, 6.07) is 5.97. The molecule has 1 heterocycles. The van der Waals surface area contributed by atoms with Gasteiger partial charge < -0.3 is 5.73 Å². The van der Waals surface area contributed by atoms with E-state index in [1.807, 2.05) is 4.90 Å². The van der Waals surface area contributed by atoms with Crippen LogP contribution in [-0.4, -0.2) is 24.0 Å². The maximum absolute atomic E-state index is 12.8. The van der Waals surface area contributed by atoms with E-state index in [0.717, 1.165) is 32.0 Å². The number of piperidine rings is 1. The molecule has 2 nitrogen and oxygen atoms in total. The van der Waals surface area contributed by atoms with Gasteiger partial charge in [0.1, 0.15) is 0 Å². The first-order valence-corrected chi connectivity index (χ1v) is 6.10. The fourth-order valence-corrected chi connectivity index (χ4v) is 2.29. The largest absolute Gasteiger partial charge is 0.416 e. The predicted octanol–water partition coefficient (Wildman–Crippen LogP) is 3.05. The van der Waals surface area contributed by atoms with Crippen LogP contribution in [-0.2, 0) is 12.7 Å². The standard InChI is InChI=1S/C13H17F3N2.ClH/c14-13(15,16)12-4-2-1-3-10(12)9-18-7-5-11(17)6-8-18;/h1-4,11H,5-9,17H2;1H. The van der Waals surface area contributed by atoms with Gasteiger partial charge in [-0.1, -0.05) is 18.2 Å². The van der Waals surface area contributed by atoms with Gasteiger partial charge in [-0.3, -0.25) is 4.90 Å². The molecule has 0 aromatic heterocycles. The van der Waals surface area contributed by atoms with E-state index in [-0.39, 0.29) is 18.4 Å². The van der Waals surface area contributed by atoms with E-state index in [1.165, 1.54) is 6.07 Å². The van der Waals surface area contributed by atoms with Gasteiger partial charge in [-0.2, -0.15) is 13.2 Å². The number of nitrogens with zero attached hydrogens (tertiary/aromatic N) is 1. The van der Waals surface area contributed by atoms with Crippen LogP contribution in [0.1, 0.15) is 24.0 Å². The Morgan fingerprint density at radius 2 is 1.74 bits per heavy atom. The molecular weight excluding hydrogens is 277 g/mol. The minimum atomic E-state index is -4.28. The molecule has 0 radical (unpaired) electrons. The summed E-state index contributed by atoms with van der Waals surface area (Å²) in [4.78, 5) is 2.04. The van der Waals surface area contributed by atoms with Gasteiger partial charge in [0.2, 0.25) is 0 Å². The molecule has 108 valence electrons. The van der Waals surface area contributed by atoms with Crippen molar-refractivity contribution in [1.82, 2.24) is 4.90 Å². The van der Waals surface area contributed by atoms with Gasteiger partial charge in [-0.25, -0.2) is 0 Å². The van der Waals surface area contributed by atoms with Crippen molar-refractivity contribution in [3.63, 3.8) is 0 Å². The van der Waals surface area contributed by atoms with Crippen molar-refractivity contribution in [2.75, 3.05) is 13.1 Å². The van der Waals surface area contributed by atoms with E-state index >= 15 is 0 Å². The van der Waals surface area contributed by atoms with Crippen LogP contribution in [0.15, 0.2) is 24.3 Å². The van der Waals surface area contributed by atoms with Gasteiger partial charge in [-0.05, 0) is 37.6 Å². The second-order valence-corrected chi connectivity index (χ2v) is 4.77. The Balaban J connectivity index is 0.00000180. The van der Waals surface area contributed by atoms with Crippen molar-refractivity contribution in [3.05, 3.63) is 35.4 Å². The lowest BCUT2D eigenvalue weighted by molar-refractivity contribution is -0.138. The van der Waals surface area contributed by atoms with E-state index in [4.69, 9.17) is 5.73 Å². The van der Waals surface area contributed by atoms with Crippen molar-refractivity contribution < 1.29 is 13.2 Å². The third-order valence-electron chi connectivity index (χ3n) is 3.35. The van der Waals surface area contributed by atoms with Gasteiger partial charge in [-0.15, -0.1) is 12.4 Å². The van der Waals surface area contributed by atoms with E-state index in [2.05, 4.69) is 0 Å². The summed E-state index contributed by atoms with van der Waals surface area (Å²) >= 11 is 0. The SMILES string of the molecule is Cl.NC1CCN(Cc2ccccc2C(F)(F)F)CC1. The molecule has 1 aliphatic heterocycles. The number of halogens is 4. The first-order chi connectivity index (χ1) is 8.47. The van der Waals surface area contributed by atoms with Gasteiger partial charge in [0.05, 0.1) is 5.56 Å². The lowest BCUT2D eigenvalue weighted by atomic mass is 10.0. The molecule has 1 fully saturated rings. The second-order valence-electron chi connectivity index (χ2n) is 4.77. The fourth-order valence-electron chi connectivity index (χ4n) is 2.29. The van der Waals surface area contributed by atoms with E-state index in [0.29, 0.717) is 12.1 Å². The average molecular weight is 295 g/mol. The topological polar surface area (TPSA) is 29.3 Å². The molecule has 1 aliphatic rings. The van der Waals surface area contributed by atoms with Crippen molar-refractivity contribution in [1.29, 1.82) is 0 Å². The summed E-state index contributed by atoms with van der Waals surface area (Å²) in [5.41, 5.74) is 5.60. The minimum absolute atomic E-state index is 0. The summed E-state index contributed by atoms with van der Waals surface area (Å²) in [7, 11) is 0. The normalized spacial score (nSPS) is 18.1. The Labute approximate surface area is 117 Å². The highest BCUT2D eigenvalue weighted by atomic mass is 35.5. The zero-order chi connectivity index (χ0) is 13.2. The second kappa shape index (κ2) is 6.59. The van der Waals surface area contributed by atoms with Gasteiger partial charge in [0.25, 0.3) is 0 Å². The van der Waals surface area contributed by atoms with Crippen LogP contribution in [0.2, 0.25) is 0 Å². The number of hydrogen-bond acceptors (Lipinski definition) is 2. The Kier molecular flexibility index (Phi) is 5.64. The van der Waals surface area contributed by atoms with Crippen molar-refractivity contribution >= 4 is 12.4 Å². The number of alkyl halides is 3. The lowest BCUT2D eigenvalue weighted by Gasteiger charge is -2.30. The van der Waals surface area contributed by atoms with Crippen LogP contribution >= 0.6 is 12.4 Å². The maximum Gasteiger partial charge on any atom is 0.416 e. The molecule has 2 rings (SSSR count). The summed E-state index contributed by atoms with van der Waals surface area (Å²) in [6.45, 7) is 1.89. The zero-order valence-corrected chi connectivity index (χ0v) is 11.3. The zero-order valence-electron chi connectivity index (χ0n) is 10.5. The molecule has 0 saturated carbocycles. The molecule has 0 spiro atoms. The van der Waals surface area contributed by atoms with Crippen LogP contribution in [0, 0.1) is 0 Å². The number of rotatable bonds is 2. The highest BCUT2D eigenvalue weighted by molar-refractivity contribution is 5.85. The summed E-state index contributed by atoms with van der Waals surface area (Å²) in [5.74, 6) is 0. The molecule has 0 aliphatic carbocycles. The first kappa shape index (κ1) is 16.3. The highest BCUT2D eigenvalue weighted by Gasteiger charge is 2.33. The number of likely N-dealkylation sites (tertiary alicyclic amines) is 1. The highest BCUT2D eigenvalue weighted by Crippen LogP contribution is 2.32. The van der Waals surface area contributed by atoms with Crippen LogP contribution < -0.4 is 5.73 Å². The van der Waals surface area contributed by atoms with Crippen LogP contribution in [0.5, 0.6) is 0 Å². The fraction of sp³-hybridized carbons (Fsp3) is 0.538. The van der Waals surface area contributed by atoms with E-state index < -0.39 is 11.7 Å². The summed E-state index contributed by atoms with van der Waals surface area (Å²) in [6.07, 6.45) is -2.56. The Morgan fingerprint density at radius 3 is 2.32 bits per heavy atom. The average Bonchev–Trinajstić information content (AvgIpc) is 2.31. The molecule has 1 saturated heterocycles. The quantitative estimate of drug-likeness (QED) is 0.908. The predicted molar refractivity (Wildman–Crippen MR) is 71.2 cm³/mol. The number of hydrogen-bond donors (Lipinski definition) is 1. The van der Waals surface area contributed by atoms with Crippen LogP contribution in [0.4, 0.5) is 13.2 Å². The monoisotopic (exact) mass is 294 g/mol. The molecule has 2 N–H and O–H groups in total. The molecule has 0 atom stereocenters. The Morgan fingerprint density at radius 1 is 1.16 bits per heavy atom. The lowest BCUT2D eigenvalue weighted by Crippen LogP contribution is -2.39. The van der Waals surface area contributed by atoms with Crippen molar-refractivity contribution in [2.24, 2.45) is 5.73 Å². The van der Waals surface area contributed by atoms with Crippen LogP contribution in [0.3, 0.4) is 0 Å². The van der Waals surface area contributed by atoms with Gasteiger partial charge in [0, 0.05) is 12.6 Å². The van der Waals surface area contributed by atoms with Crippen molar-refractivity contribution in [2.45, 2.75) is 31.6 Å². The van der Waals surface area contributed by atoms with Gasteiger partial charge >= 0.3 is 6.18 Å². The minimum Gasteiger partial charge on any atom is -0.328 e. The summed E-state index contributed by atoms with van der Waals surface area (Å²) < 4.78 is 38.5. The third kappa shape index (κ3) is 4.37. The molecule has 1 aromatic rings. The molecule has 0 unspecified atom stereocenters. The number of benzene rings is 1. The van der Waals surface area contributed by atoms with E-state index in [1.54, 1.807) is 12.1 Å². The third-order valence-corrected chi connectivity index (χ3v) is 3.35. The smallest absolute Gasteiger partial charge is 0.328 e. The Hall–Kier alpha value is -0.780. The first-order valence-electron chi connectivity index (χ1n) is 6.10. The molecule has 0 bridgehead atoms. The Bertz CT molecular complexity index is 401. The maximum atomic E-state index is 12.8.